The predicted octanol–water partition coefficient (Wildman–Crippen LogP) is 13.6. The normalized spacial score (nSPS) is 13.2. The Kier molecular flexibility index (Phi) is 6.29. The van der Waals surface area contributed by atoms with Gasteiger partial charge in [-0.15, -0.1) is 0 Å². The fourth-order valence-electron chi connectivity index (χ4n) is 8.58. The van der Waals surface area contributed by atoms with Crippen molar-refractivity contribution in [2.45, 2.75) is 19.3 Å². The standard InChI is InChI=1S/C49H35N/c1-49(2)47-22-12-11-21-44(47)45-28-26-36(31-48(45)49)50(34-24-23-32-13-3-4-14-33(32)29-34)35-25-27-43-41-19-8-7-17-39(41)37-15-5-6-16-38(37)40-18-9-10-20-42(40)46(43)30-35/h3-31H,1-2H3. The molecule has 0 fully saturated rings. The van der Waals surface area contributed by atoms with Crippen LogP contribution >= 0.6 is 0 Å². The van der Waals surface area contributed by atoms with Crippen LogP contribution in [0, 0.1) is 0 Å². The van der Waals surface area contributed by atoms with Crippen LogP contribution in [-0.4, -0.2) is 0 Å². The van der Waals surface area contributed by atoms with Crippen LogP contribution in [0.3, 0.4) is 0 Å². The second kappa shape index (κ2) is 10.9. The summed E-state index contributed by atoms with van der Waals surface area (Å²) in [7, 11) is 0. The summed E-state index contributed by atoms with van der Waals surface area (Å²) in [6.07, 6.45) is 0. The average molecular weight is 638 g/mol. The molecule has 50 heavy (non-hydrogen) atoms. The van der Waals surface area contributed by atoms with Crippen LogP contribution in [0.1, 0.15) is 25.0 Å². The zero-order valence-corrected chi connectivity index (χ0v) is 28.2. The van der Waals surface area contributed by atoms with E-state index in [2.05, 4.69) is 195 Å². The van der Waals surface area contributed by atoms with E-state index >= 15 is 0 Å². The Labute approximate surface area is 293 Å². The molecule has 0 atom stereocenters. The van der Waals surface area contributed by atoms with Crippen LogP contribution in [0.25, 0.3) is 66.4 Å². The second-order valence-corrected chi connectivity index (χ2v) is 14.1. The fourth-order valence-corrected chi connectivity index (χ4v) is 8.58. The predicted molar refractivity (Wildman–Crippen MR) is 211 cm³/mol. The number of fused-ring (bicyclic) bond motifs is 12. The van der Waals surface area contributed by atoms with Gasteiger partial charge in [-0.3, -0.25) is 0 Å². The topological polar surface area (TPSA) is 3.24 Å². The summed E-state index contributed by atoms with van der Waals surface area (Å²) in [5.74, 6) is 0. The van der Waals surface area contributed by atoms with Crippen LogP contribution < -0.4 is 4.90 Å². The van der Waals surface area contributed by atoms with E-state index in [1.54, 1.807) is 0 Å². The molecule has 2 aliphatic rings. The summed E-state index contributed by atoms with van der Waals surface area (Å²) in [5, 5.41) is 2.47. The highest BCUT2D eigenvalue weighted by Crippen LogP contribution is 2.52. The van der Waals surface area contributed by atoms with Gasteiger partial charge in [-0.2, -0.15) is 0 Å². The number of anilines is 3. The number of hydrogen-bond acceptors (Lipinski definition) is 1. The third kappa shape index (κ3) is 4.27. The molecule has 0 unspecified atom stereocenters. The molecule has 10 rings (SSSR count). The molecule has 0 radical (unpaired) electrons. The summed E-state index contributed by atoms with van der Waals surface area (Å²) >= 11 is 0. The Balaban J connectivity index is 1.23. The molecule has 8 aromatic carbocycles. The van der Waals surface area contributed by atoms with Crippen LogP contribution in [0.5, 0.6) is 0 Å². The molecule has 0 bridgehead atoms. The lowest BCUT2D eigenvalue weighted by molar-refractivity contribution is 0.660. The molecule has 0 N–H and O–H groups in total. The highest BCUT2D eigenvalue weighted by Gasteiger charge is 2.36. The van der Waals surface area contributed by atoms with E-state index in [-0.39, 0.29) is 5.41 Å². The van der Waals surface area contributed by atoms with E-state index in [9.17, 15) is 0 Å². The molecule has 0 heterocycles. The van der Waals surface area contributed by atoms with Crippen molar-refractivity contribution in [1.29, 1.82) is 0 Å². The molecule has 0 spiro atoms. The maximum Gasteiger partial charge on any atom is 0.0468 e. The van der Waals surface area contributed by atoms with Gasteiger partial charge in [0, 0.05) is 22.5 Å². The molecular formula is C49H35N. The van der Waals surface area contributed by atoms with Crippen molar-refractivity contribution >= 4 is 27.8 Å². The first kappa shape index (κ1) is 28.8. The number of benzene rings is 8. The van der Waals surface area contributed by atoms with E-state index in [0.717, 1.165) is 17.1 Å². The number of rotatable bonds is 3. The third-order valence-electron chi connectivity index (χ3n) is 11.0. The molecule has 1 nitrogen and oxygen atoms in total. The maximum absolute atomic E-state index is 2.45. The van der Waals surface area contributed by atoms with Gasteiger partial charge in [-0.05, 0) is 114 Å². The van der Waals surface area contributed by atoms with E-state index in [1.807, 2.05) is 0 Å². The maximum atomic E-state index is 2.45. The van der Waals surface area contributed by atoms with Gasteiger partial charge in [0.15, 0.2) is 0 Å². The second-order valence-electron chi connectivity index (χ2n) is 14.1. The zero-order valence-electron chi connectivity index (χ0n) is 28.2. The van der Waals surface area contributed by atoms with Crippen LogP contribution in [0.15, 0.2) is 176 Å². The van der Waals surface area contributed by atoms with Crippen molar-refractivity contribution in [2.24, 2.45) is 0 Å². The van der Waals surface area contributed by atoms with Crippen molar-refractivity contribution in [3.63, 3.8) is 0 Å². The van der Waals surface area contributed by atoms with Crippen LogP contribution in [0.2, 0.25) is 0 Å². The SMILES string of the molecule is CC1(C)c2ccccc2-c2ccc(N(c3ccc4c(c3)-c3ccccc3-c3ccccc3-c3ccccc3-4)c3ccc4ccccc4c3)cc21. The molecule has 0 saturated carbocycles. The summed E-state index contributed by atoms with van der Waals surface area (Å²) in [5.41, 5.74) is 18.8. The molecule has 236 valence electrons. The van der Waals surface area contributed by atoms with Crippen molar-refractivity contribution in [1.82, 2.24) is 0 Å². The molecule has 8 aromatic rings. The molecular weight excluding hydrogens is 603 g/mol. The first-order valence-corrected chi connectivity index (χ1v) is 17.5. The molecule has 0 aromatic heterocycles. The average Bonchev–Trinajstić information content (AvgIpc) is 3.40. The minimum absolute atomic E-state index is 0.0982. The van der Waals surface area contributed by atoms with Crippen molar-refractivity contribution in [3.05, 3.63) is 187 Å². The number of hydrogen-bond donors (Lipinski definition) is 0. The highest BCUT2D eigenvalue weighted by atomic mass is 15.1. The molecule has 0 amide bonds. The van der Waals surface area contributed by atoms with Gasteiger partial charge >= 0.3 is 0 Å². The van der Waals surface area contributed by atoms with Crippen molar-refractivity contribution in [2.75, 3.05) is 4.90 Å². The zero-order chi connectivity index (χ0) is 33.4. The summed E-state index contributed by atoms with van der Waals surface area (Å²) < 4.78 is 0. The lowest BCUT2D eigenvalue weighted by Gasteiger charge is -2.30. The Morgan fingerprint density at radius 1 is 0.300 bits per heavy atom. The summed E-state index contributed by atoms with van der Waals surface area (Å²) in [6.45, 7) is 4.72. The molecule has 0 saturated heterocycles. The highest BCUT2D eigenvalue weighted by molar-refractivity contribution is 6.04. The molecule has 0 aliphatic heterocycles. The van der Waals surface area contributed by atoms with E-state index < -0.39 is 0 Å². The van der Waals surface area contributed by atoms with Gasteiger partial charge in [-0.1, -0.05) is 153 Å². The van der Waals surface area contributed by atoms with E-state index in [0.29, 0.717) is 0 Å². The van der Waals surface area contributed by atoms with Crippen molar-refractivity contribution < 1.29 is 0 Å². The first-order chi connectivity index (χ1) is 24.6. The van der Waals surface area contributed by atoms with Gasteiger partial charge < -0.3 is 4.90 Å². The number of nitrogens with zero attached hydrogens (tertiary/aromatic N) is 1. The lowest BCUT2D eigenvalue weighted by atomic mass is 9.80. The Morgan fingerprint density at radius 3 is 1.32 bits per heavy atom. The molecule has 2 aliphatic carbocycles. The van der Waals surface area contributed by atoms with E-state index in [1.165, 1.54) is 77.5 Å². The molecule has 1 heteroatoms. The van der Waals surface area contributed by atoms with E-state index in [4.69, 9.17) is 0 Å². The Bertz CT molecular complexity index is 2630. The van der Waals surface area contributed by atoms with Gasteiger partial charge in [0.2, 0.25) is 0 Å². The summed E-state index contributed by atoms with van der Waals surface area (Å²) in [4.78, 5) is 2.45. The minimum Gasteiger partial charge on any atom is -0.310 e. The quantitative estimate of drug-likeness (QED) is 0.186. The van der Waals surface area contributed by atoms with Crippen LogP contribution in [0.4, 0.5) is 17.1 Å². The van der Waals surface area contributed by atoms with Crippen LogP contribution in [-0.2, 0) is 5.41 Å². The van der Waals surface area contributed by atoms with Gasteiger partial charge in [0.05, 0.1) is 0 Å². The Morgan fingerprint density at radius 2 is 0.700 bits per heavy atom. The monoisotopic (exact) mass is 637 g/mol. The fraction of sp³-hybridized carbons (Fsp3) is 0.0612. The minimum atomic E-state index is -0.0982. The summed E-state index contributed by atoms with van der Waals surface area (Å²) in [6, 6.07) is 65.2. The van der Waals surface area contributed by atoms with Gasteiger partial charge in [0.1, 0.15) is 0 Å². The lowest BCUT2D eigenvalue weighted by Crippen LogP contribution is -2.16. The van der Waals surface area contributed by atoms with Gasteiger partial charge in [0.25, 0.3) is 0 Å². The van der Waals surface area contributed by atoms with Gasteiger partial charge in [-0.25, -0.2) is 0 Å². The van der Waals surface area contributed by atoms with Crippen molar-refractivity contribution in [3.8, 4) is 55.6 Å². The smallest absolute Gasteiger partial charge is 0.0468 e. The first-order valence-electron chi connectivity index (χ1n) is 17.5. The largest absolute Gasteiger partial charge is 0.310 e. The third-order valence-corrected chi connectivity index (χ3v) is 11.0. The Hall–Kier alpha value is -6.18.